The Bertz CT molecular complexity index is 161. The molecule has 2 N–H and O–H groups in total. The number of aliphatic hydroxyl groups excluding tert-OH is 2. The molecule has 0 atom stereocenters. The molecule has 0 amide bonds. The molecular formula is C9H18O4. The van der Waals surface area contributed by atoms with Gasteiger partial charge < -0.3 is 14.9 Å². The number of aliphatic hydroxyl groups is 2. The van der Waals surface area contributed by atoms with E-state index in [9.17, 15) is 4.79 Å². The summed E-state index contributed by atoms with van der Waals surface area (Å²) in [6, 6.07) is 0. The minimum absolute atomic E-state index is 0.345. The molecule has 0 aliphatic carbocycles. The average molecular weight is 190 g/mol. The van der Waals surface area contributed by atoms with Crippen LogP contribution in [-0.4, -0.2) is 35.5 Å². The van der Waals surface area contributed by atoms with Gasteiger partial charge in [-0.25, -0.2) is 0 Å². The maximum absolute atomic E-state index is 11.4. The second-order valence-corrected chi connectivity index (χ2v) is 3.63. The van der Waals surface area contributed by atoms with E-state index in [1.54, 1.807) is 13.8 Å². The van der Waals surface area contributed by atoms with Crippen molar-refractivity contribution in [1.29, 1.82) is 0 Å². The number of carbonyl (C=O) groups excluding carboxylic acids is 1. The van der Waals surface area contributed by atoms with Crippen molar-refractivity contribution in [3.63, 3.8) is 0 Å². The summed E-state index contributed by atoms with van der Waals surface area (Å²) in [7, 11) is 0. The van der Waals surface area contributed by atoms with E-state index in [2.05, 4.69) is 0 Å². The zero-order valence-corrected chi connectivity index (χ0v) is 8.41. The highest BCUT2D eigenvalue weighted by molar-refractivity contribution is 5.75. The quantitative estimate of drug-likeness (QED) is 0.613. The Kier molecular flexibility index (Phi) is 4.95. The number of carbonyl (C=O) groups is 1. The second-order valence-electron chi connectivity index (χ2n) is 3.63. The third-order valence-corrected chi connectivity index (χ3v) is 2.12. The maximum atomic E-state index is 11.4. The van der Waals surface area contributed by atoms with Gasteiger partial charge in [0.2, 0.25) is 0 Å². The van der Waals surface area contributed by atoms with Gasteiger partial charge in [-0.15, -0.1) is 0 Å². The van der Waals surface area contributed by atoms with E-state index in [0.29, 0.717) is 6.42 Å². The molecule has 0 aliphatic heterocycles. The van der Waals surface area contributed by atoms with Gasteiger partial charge in [-0.05, 0) is 20.3 Å². The van der Waals surface area contributed by atoms with Crippen molar-refractivity contribution in [1.82, 2.24) is 0 Å². The standard InChI is InChI=1S/C9H18O4/c1-4-9(2,3)8(12)13-7(5-10)6-11/h7,10-11H,4-6H2,1-3H3. The highest BCUT2D eigenvalue weighted by Crippen LogP contribution is 2.22. The first kappa shape index (κ1) is 12.4. The fourth-order valence-electron chi connectivity index (χ4n) is 0.588. The molecule has 0 aromatic heterocycles. The Balaban J connectivity index is 4.13. The second kappa shape index (κ2) is 5.19. The topological polar surface area (TPSA) is 66.8 Å². The Hall–Kier alpha value is -0.610. The summed E-state index contributed by atoms with van der Waals surface area (Å²) >= 11 is 0. The predicted octanol–water partition coefficient (Wildman–Crippen LogP) is 0.319. The lowest BCUT2D eigenvalue weighted by Gasteiger charge is -2.23. The van der Waals surface area contributed by atoms with Gasteiger partial charge >= 0.3 is 5.97 Å². The minimum atomic E-state index is -0.793. The predicted molar refractivity (Wildman–Crippen MR) is 48.1 cm³/mol. The Morgan fingerprint density at radius 1 is 1.38 bits per heavy atom. The van der Waals surface area contributed by atoms with Crippen LogP contribution in [0.3, 0.4) is 0 Å². The normalized spacial score (nSPS) is 11.8. The fourth-order valence-corrected chi connectivity index (χ4v) is 0.588. The Morgan fingerprint density at radius 3 is 2.15 bits per heavy atom. The van der Waals surface area contributed by atoms with Gasteiger partial charge in [-0.2, -0.15) is 0 Å². The van der Waals surface area contributed by atoms with Crippen LogP contribution in [0.1, 0.15) is 27.2 Å². The van der Waals surface area contributed by atoms with Gasteiger partial charge in [-0.1, -0.05) is 6.92 Å². The summed E-state index contributed by atoms with van der Waals surface area (Å²) in [6.45, 7) is 4.72. The Morgan fingerprint density at radius 2 is 1.85 bits per heavy atom. The van der Waals surface area contributed by atoms with Crippen LogP contribution < -0.4 is 0 Å². The van der Waals surface area contributed by atoms with E-state index in [1.807, 2.05) is 6.92 Å². The number of hydrogen-bond donors (Lipinski definition) is 2. The lowest BCUT2D eigenvalue weighted by molar-refractivity contribution is -0.164. The molecule has 13 heavy (non-hydrogen) atoms. The van der Waals surface area contributed by atoms with Gasteiger partial charge in [0.05, 0.1) is 18.6 Å². The molecule has 0 unspecified atom stereocenters. The Labute approximate surface area is 78.5 Å². The first-order chi connectivity index (χ1) is 5.97. The van der Waals surface area contributed by atoms with Crippen LogP contribution in [0.15, 0.2) is 0 Å². The average Bonchev–Trinajstić information content (AvgIpc) is 2.13. The molecule has 4 heteroatoms. The van der Waals surface area contributed by atoms with Crippen molar-refractivity contribution in [2.75, 3.05) is 13.2 Å². The van der Waals surface area contributed by atoms with Crippen molar-refractivity contribution >= 4 is 5.97 Å². The molecule has 0 radical (unpaired) electrons. The summed E-state index contributed by atoms with van der Waals surface area (Å²) in [5, 5.41) is 17.4. The number of esters is 1. The van der Waals surface area contributed by atoms with Crippen LogP contribution >= 0.6 is 0 Å². The van der Waals surface area contributed by atoms with Crippen LogP contribution in [0.4, 0.5) is 0 Å². The summed E-state index contributed by atoms with van der Waals surface area (Å²) in [5.41, 5.74) is -0.553. The molecule has 0 saturated carbocycles. The third kappa shape index (κ3) is 3.74. The van der Waals surface area contributed by atoms with E-state index in [1.165, 1.54) is 0 Å². The van der Waals surface area contributed by atoms with E-state index in [-0.39, 0.29) is 19.2 Å². The molecule has 0 fully saturated rings. The van der Waals surface area contributed by atoms with Crippen LogP contribution in [0.25, 0.3) is 0 Å². The van der Waals surface area contributed by atoms with Crippen molar-refractivity contribution in [3.05, 3.63) is 0 Å². The van der Waals surface area contributed by atoms with Gasteiger partial charge in [0.15, 0.2) is 0 Å². The molecule has 0 saturated heterocycles. The van der Waals surface area contributed by atoms with E-state index < -0.39 is 11.5 Å². The molecule has 0 rings (SSSR count). The zero-order chi connectivity index (χ0) is 10.5. The lowest BCUT2D eigenvalue weighted by atomic mass is 9.90. The molecule has 0 aliphatic rings. The van der Waals surface area contributed by atoms with Crippen molar-refractivity contribution in [3.8, 4) is 0 Å². The molecule has 4 nitrogen and oxygen atoms in total. The van der Waals surface area contributed by atoms with Crippen molar-refractivity contribution < 1.29 is 19.7 Å². The van der Waals surface area contributed by atoms with Crippen LogP contribution in [0, 0.1) is 5.41 Å². The molecule has 0 aromatic rings. The van der Waals surface area contributed by atoms with Gasteiger partial charge in [0.25, 0.3) is 0 Å². The van der Waals surface area contributed by atoms with Gasteiger partial charge in [-0.3, -0.25) is 4.79 Å². The van der Waals surface area contributed by atoms with Crippen LogP contribution in [0.5, 0.6) is 0 Å². The number of rotatable bonds is 5. The lowest BCUT2D eigenvalue weighted by Crippen LogP contribution is -2.33. The highest BCUT2D eigenvalue weighted by Gasteiger charge is 2.29. The molecule has 0 heterocycles. The summed E-state index contributed by atoms with van der Waals surface area (Å²) in [4.78, 5) is 11.4. The van der Waals surface area contributed by atoms with Crippen molar-refractivity contribution in [2.24, 2.45) is 5.41 Å². The highest BCUT2D eigenvalue weighted by atomic mass is 16.6. The van der Waals surface area contributed by atoms with E-state index in [0.717, 1.165) is 0 Å². The number of ether oxygens (including phenoxy) is 1. The first-order valence-electron chi connectivity index (χ1n) is 4.40. The van der Waals surface area contributed by atoms with Crippen LogP contribution in [0.2, 0.25) is 0 Å². The van der Waals surface area contributed by atoms with E-state index in [4.69, 9.17) is 14.9 Å². The molecule has 0 spiro atoms. The maximum Gasteiger partial charge on any atom is 0.311 e. The van der Waals surface area contributed by atoms with Crippen LogP contribution in [-0.2, 0) is 9.53 Å². The largest absolute Gasteiger partial charge is 0.457 e. The third-order valence-electron chi connectivity index (χ3n) is 2.12. The van der Waals surface area contributed by atoms with E-state index >= 15 is 0 Å². The van der Waals surface area contributed by atoms with Gasteiger partial charge in [0, 0.05) is 0 Å². The molecular weight excluding hydrogens is 172 g/mol. The number of hydrogen-bond acceptors (Lipinski definition) is 4. The molecule has 0 aromatic carbocycles. The van der Waals surface area contributed by atoms with Crippen molar-refractivity contribution in [2.45, 2.75) is 33.3 Å². The fraction of sp³-hybridized carbons (Fsp3) is 0.889. The first-order valence-corrected chi connectivity index (χ1v) is 4.40. The monoisotopic (exact) mass is 190 g/mol. The molecule has 0 bridgehead atoms. The summed E-state index contributed by atoms with van der Waals surface area (Å²) in [5.74, 6) is -0.386. The minimum Gasteiger partial charge on any atom is -0.457 e. The summed E-state index contributed by atoms with van der Waals surface area (Å²) in [6.07, 6.45) is -0.131. The smallest absolute Gasteiger partial charge is 0.311 e. The van der Waals surface area contributed by atoms with Gasteiger partial charge in [0.1, 0.15) is 6.10 Å². The SMILES string of the molecule is CCC(C)(C)C(=O)OC(CO)CO. The molecule has 78 valence electrons. The summed E-state index contributed by atoms with van der Waals surface area (Å²) < 4.78 is 4.87. The zero-order valence-electron chi connectivity index (χ0n) is 8.41.